The number of carbonyl (C=O) groups excluding carboxylic acids is 1. The lowest BCUT2D eigenvalue weighted by Crippen LogP contribution is -2.53. The summed E-state index contributed by atoms with van der Waals surface area (Å²) < 4.78 is 0. The lowest BCUT2D eigenvalue weighted by molar-refractivity contribution is -0.133. The highest BCUT2D eigenvalue weighted by molar-refractivity contribution is 7.18. The number of piperazine rings is 1. The summed E-state index contributed by atoms with van der Waals surface area (Å²) in [6.45, 7) is 10.3. The predicted molar refractivity (Wildman–Crippen MR) is 144 cm³/mol. The maximum absolute atomic E-state index is 13.2. The first-order valence-corrected chi connectivity index (χ1v) is 13.9. The number of amides is 1. The number of hydrogen-bond donors (Lipinski definition) is 0. The molecule has 9 nitrogen and oxygen atoms in total. The zero-order chi connectivity index (χ0) is 24.9. The Morgan fingerprint density at radius 1 is 1.14 bits per heavy atom. The van der Waals surface area contributed by atoms with Gasteiger partial charge in [-0.1, -0.05) is 36.5 Å². The molecule has 5 heterocycles. The number of hydrogen-bond acceptors (Lipinski definition) is 9. The third-order valence-electron chi connectivity index (χ3n) is 7.18. The highest BCUT2D eigenvalue weighted by Crippen LogP contribution is 2.31. The van der Waals surface area contributed by atoms with E-state index in [2.05, 4.69) is 60.3 Å². The minimum absolute atomic E-state index is 0.0714. The van der Waals surface area contributed by atoms with E-state index < -0.39 is 0 Å². The normalized spacial score (nSPS) is 25.4. The highest BCUT2D eigenvalue weighted by atomic mass is 32.1. The maximum Gasteiger partial charge on any atom is 0.236 e. The number of likely N-dealkylation sites (tertiary alicyclic amines) is 1. The Bertz CT molecular complexity index is 1140. The molecule has 0 spiro atoms. The summed E-state index contributed by atoms with van der Waals surface area (Å²) in [4.78, 5) is 31.2. The summed E-state index contributed by atoms with van der Waals surface area (Å²) in [6, 6.07) is 2.57. The fourth-order valence-corrected chi connectivity index (χ4v) is 6.04. The number of piperidine rings is 1. The van der Waals surface area contributed by atoms with Crippen molar-refractivity contribution in [3.8, 4) is 0 Å². The standard InChI is InChI=1S/C26H36N8OS/c1-3-22-16-23-25(27-19-28-26(23)36-22)33-14-12-32(13-15-33)24(35)18-31-10-7-9-21(17-31)34-11-6-4-5-8-20(2)29-30-34/h4-6,8,16,19-21H,3,7,9-15,17-18H2,1-2H3/b6-4-,8-5-,30-29?. The van der Waals surface area contributed by atoms with Crippen LogP contribution < -0.4 is 4.90 Å². The van der Waals surface area contributed by atoms with Gasteiger partial charge >= 0.3 is 0 Å². The molecular weight excluding hydrogens is 472 g/mol. The Kier molecular flexibility index (Phi) is 7.91. The lowest BCUT2D eigenvalue weighted by Gasteiger charge is -2.39. The first-order valence-electron chi connectivity index (χ1n) is 13.1. The molecule has 3 aliphatic rings. The summed E-state index contributed by atoms with van der Waals surface area (Å²) in [5.74, 6) is 1.22. The monoisotopic (exact) mass is 508 g/mol. The van der Waals surface area contributed by atoms with Crippen molar-refractivity contribution in [1.82, 2.24) is 24.8 Å². The Balaban J connectivity index is 1.15. The number of aromatic nitrogens is 2. The van der Waals surface area contributed by atoms with Gasteiger partial charge in [0.25, 0.3) is 0 Å². The van der Waals surface area contributed by atoms with Crippen LogP contribution in [0.5, 0.6) is 0 Å². The molecule has 0 radical (unpaired) electrons. The van der Waals surface area contributed by atoms with Crippen molar-refractivity contribution >= 4 is 33.3 Å². The second-order valence-corrected chi connectivity index (χ2v) is 10.9. The Labute approximate surface area is 217 Å². The summed E-state index contributed by atoms with van der Waals surface area (Å²) in [7, 11) is 0. The summed E-state index contributed by atoms with van der Waals surface area (Å²) in [5.41, 5.74) is 0. The second kappa shape index (κ2) is 11.5. The molecule has 1 amide bonds. The molecular formula is C26H36N8OS. The van der Waals surface area contributed by atoms with Crippen LogP contribution in [0.1, 0.15) is 31.6 Å². The number of carbonyl (C=O) groups is 1. The maximum atomic E-state index is 13.2. The van der Waals surface area contributed by atoms with Crippen molar-refractivity contribution in [1.29, 1.82) is 0 Å². The molecule has 0 N–H and O–H groups in total. The number of aryl methyl sites for hydroxylation is 1. The molecule has 2 unspecified atom stereocenters. The van der Waals surface area contributed by atoms with E-state index in [9.17, 15) is 4.79 Å². The van der Waals surface area contributed by atoms with Crippen LogP contribution in [0.15, 0.2) is 47.0 Å². The van der Waals surface area contributed by atoms with E-state index in [1.165, 1.54) is 4.88 Å². The lowest BCUT2D eigenvalue weighted by atomic mass is 10.0. The van der Waals surface area contributed by atoms with Crippen LogP contribution >= 0.6 is 11.3 Å². The SMILES string of the molecule is CCc1cc2c(N3CCN(C(=O)CN4CCCC(N5C/C=C\C=C/C(C)N=N5)C4)CC3)ncnc2s1. The molecule has 10 heteroatoms. The smallest absolute Gasteiger partial charge is 0.236 e. The number of fused-ring (bicyclic) bond motifs is 1. The molecule has 2 fully saturated rings. The van der Waals surface area contributed by atoms with Crippen LogP contribution in [-0.4, -0.2) is 95.1 Å². The molecule has 3 aliphatic heterocycles. The van der Waals surface area contributed by atoms with Gasteiger partial charge in [-0.3, -0.25) is 14.7 Å². The Morgan fingerprint density at radius 3 is 2.83 bits per heavy atom. The van der Waals surface area contributed by atoms with Crippen LogP contribution in [0.2, 0.25) is 0 Å². The van der Waals surface area contributed by atoms with Crippen LogP contribution in [0.25, 0.3) is 10.2 Å². The van der Waals surface area contributed by atoms with E-state index in [0.717, 1.165) is 81.1 Å². The predicted octanol–water partition coefficient (Wildman–Crippen LogP) is 3.55. The van der Waals surface area contributed by atoms with Gasteiger partial charge in [0, 0.05) is 37.6 Å². The molecule has 0 aromatic carbocycles. The Morgan fingerprint density at radius 2 is 2.00 bits per heavy atom. The van der Waals surface area contributed by atoms with E-state index in [0.29, 0.717) is 6.54 Å². The molecule has 5 rings (SSSR count). The molecule has 2 aromatic rings. The van der Waals surface area contributed by atoms with Gasteiger partial charge in [-0.25, -0.2) is 9.97 Å². The van der Waals surface area contributed by atoms with Crippen LogP contribution in [0, 0.1) is 0 Å². The summed E-state index contributed by atoms with van der Waals surface area (Å²) in [6.07, 6.45) is 13.1. The van der Waals surface area contributed by atoms with Crippen molar-refractivity contribution in [2.24, 2.45) is 10.3 Å². The van der Waals surface area contributed by atoms with Gasteiger partial charge in [-0.2, -0.15) is 5.11 Å². The van der Waals surface area contributed by atoms with Gasteiger partial charge in [0.1, 0.15) is 17.0 Å². The van der Waals surface area contributed by atoms with Crippen LogP contribution in [-0.2, 0) is 11.2 Å². The topological polar surface area (TPSA) is 80.5 Å². The average molecular weight is 509 g/mol. The third kappa shape index (κ3) is 5.75. The van der Waals surface area contributed by atoms with Crippen molar-refractivity contribution in [3.05, 3.63) is 41.6 Å². The van der Waals surface area contributed by atoms with Gasteiger partial charge in [0.15, 0.2) is 0 Å². The minimum atomic E-state index is 0.0714. The second-order valence-electron chi connectivity index (χ2n) is 9.76. The first-order chi connectivity index (χ1) is 17.6. The van der Waals surface area contributed by atoms with Crippen molar-refractivity contribution < 1.29 is 4.79 Å². The van der Waals surface area contributed by atoms with Crippen LogP contribution in [0.4, 0.5) is 5.82 Å². The average Bonchev–Trinajstić information content (AvgIpc) is 3.37. The summed E-state index contributed by atoms with van der Waals surface area (Å²) >= 11 is 1.74. The molecule has 36 heavy (non-hydrogen) atoms. The van der Waals surface area contributed by atoms with Gasteiger partial charge in [0.05, 0.1) is 30.6 Å². The van der Waals surface area contributed by atoms with E-state index in [1.807, 2.05) is 24.0 Å². The number of anilines is 1. The Hall–Kier alpha value is -2.85. The zero-order valence-electron chi connectivity index (χ0n) is 21.3. The molecule has 0 saturated carbocycles. The van der Waals surface area contributed by atoms with Gasteiger partial charge < -0.3 is 9.80 Å². The summed E-state index contributed by atoms with van der Waals surface area (Å²) in [5, 5.41) is 12.2. The van der Waals surface area contributed by atoms with Gasteiger partial charge in [-0.15, -0.1) is 11.3 Å². The van der Waals surface area contributed by atoms with Crippen LogP contribution in [0.3, 0.4) is 0 Å². The van der Waals surface area contributed by atoms with Crippen molar-refractivity contribution in [3.63, 3.8) is 0 Å². The molecule has 2 saturated heterocycles. The molecule has 192 valence electrons. The minimum Gasteiger partial charge on any atom is -0.352 e. The molecule has 2 atom stereocenters. The van der Waals surface area contributed by atoms with E-state index >= 15 is 0 Å². The van der Waals surface area contributed by atoms with E-state index in [-0.39, 0.29) is 18.0 Å². The van der Waals surface area contributed by atoms with E-state index in [4.69, 9.17) is 0 Å². The first kappa shape index (κ1) is 24.8. The van der Waals surface area contributed by atoms with E-state index in [1.54, 1.807) is 17.7 Å². The van der Waals surface area contributed by atoms with Gasteiger partial charge in [0.2, 0.25) is 5.91 Å². The fourth-order valence-electron chi connectivity index (χ4n) is 5.11. The van der Waals surface area contributed by atoms with Crippen molar-refractivity contribution in [2.45, 2.75) is 45.2 Å². The third-order valence-corrected chi connectivity index (χ3v) is 8.37. The number of rotatable bonds is 5. The largest absolute Gasteiger partial charge is 0.352 e. The highest BCUT2D eigenvalue weighted by Gasteiger charge is 2.29. The number of allylic oxidation sites excluding steroid dienone is 2. The zero-order valence-corrected chi connectivity index (χ0v) is 22.1. The number of thiophene rings is 1. The van der Waals surface area contributed by atoms with Crippen molar-refractivity contribution in [2.75, 3.05) is 57.3 Å². The molecule has 0 bridgehead atoms. The molecule has 2 aromatic heterocycles. The quantitative estimate of drug-likeness (QED) is 0.615. The van der Waals surface area contributed by atoms with Gasteiger partial charge in [-0.05, 0) is 38.8 Å². The number of nitrogens with zero attached hydrogens (tertiary/aromatic N) is 8. The molecule has 0 aliphatic carbocycles. The fraction of sp³-hybridized carbons (Fsp3) is 0.577.